The molecule has 0 spiro atoms. The number of unbranched alkanes of at least 4 members (excludes halogenated alkanes) is 3. The summed E-state index contributed by atoms with van der Waals surface area (Å²) in [5.74, 6) is -6.35. The zero-order valence-corrected chi connectivity index (χ0v) is 41.2. The van der Waals surface area contributed by atoms with Crippen molar-refractivity contribution in [3.8, 4) is 5.75 Å². The summed E-state index contributed by atoms with van der Waals surface area (Å²) in [5, 5.41) is 45.7. The SMILES string of the molecule is CC[C@H](C)[C@@H]1NC(=O)CNC(=O)[C@@H]2CC(=O)[C@H]([C@@H](C)[C@@H](O)CO)NC(=O)[C@@H]3C[C@@H](O)CN3C(=O)[C@H](CC(N)=O)CC(=O)[C@H](CSc3[nH]c4cc(OCCCCCCON)ccc4c3C2)NC(=O)CNC1=O. The van der Waals surface area contributed by atoms with E-state index in [0.29, 0.717) is 46.9 Å². The number of carbonyl (C=O) groups excluding carboxylic acids is 9. The first kappa shape index (κ1) is 56.3. The number of fused-ring (bicyclic) bond motifs is 5. The lowest BCUT2D eigenvalue weighted by Crippen LogP contribution is -2.56. The normalized spacial score (nSPS) is 26.0. The highest BCUT2D eigenvalue weighted by atomic mass is 32.2. The fraction of sp³-hybridized carbons (Fsp3) is 0.638. The van der Waals surface area contributed by atoms with Crippen LogP contribution < -0.4 is 43.0 Å². The number of nitrogens with one attached hydrogen (secondary N) is 6. The number of aromatic amines is 1. The highest BCUT2D eigenvalue weighted by Gasteiger charge is 2.45. The number of aliphatic hydroxyl groups excluding tert-OH is 3. The molecular weight excluding hydrogens is 947 g/mol. The molecule has 2 aromatic rings. The quantitative estimate of drug-likeness (QED) is 0.0705. The number of primary amides is 1. The third-order valence-electron chi connectivity index (χ3n) is 13.4. The van der Waals surface area contributed by atoms with Gasteiger partial charge in [0.25, 0.3) is 0 Å². The molecule has 13 N–H and O–H groups in total. The molecule has 392 valence electrons. The van der Waals surface area contributed by atoms with Gasteiger partial charge in [0, 0.05) is 61.3 Å². The maximum absolute atomic E-state index is 14.7. The van der Waals surface area contributed by atoms with Crippen LogP contribution in [-0.4, -0.2) is 160 Å². The minimum absolute atomic E-state index is 0.188. The first-order valence-electron chi connectivity index (χ1n) is 24.1. The van der Waals surface area contributed by atoms with E-state index in [-0.39, 0.29) is 18.6 Å². The van der Waals surface area contributed by atoms with Gasteiger partial charge in [0.2, 0.25) is 41.4 Å². The third kappa shape index (κ3) is 15.4. The number of Topliss-reactive ketones (excluding diaryl/α,β-unsaturated/α-hetero) is 2. The van der Waals surface area contributed by atoms with Crippen LogP contribution in [-0.2, 0) is 54.4 Å². The molecule has 2 bridgehead atoms. The summed E-state index contributed by atoms with van der Waals surface area (Å²) >= 11 is 1.07. The third-order valence-corrected chi connectivity index (χ3v) is 14.5. The van der Waals surface area contributed by atoms with E-state index in [9.17, 15) is 58.5 Å². The van der Waals surface area contributed by atoms with Gasteiger partial charge in [-0.15, -0.1) is 11.8 Å². The minimum Gasteiger partial charge on any atom is -0.494 e. The Morgan fingerprint density at radius 1 is 0.873 bits per heavy atom. The van der Waals surface area contributed by atoms with Crippen LogP contribution in [0.4, 0.5) is 0 Å². The van der Waals surface area contributed by atoms with E-state index in [1.54, 1.807) is 32.0 Å². The van der Waals surface area contributed by atoms with E-state index in [1.807, 2.05) is 0 Å². The minimum atomic E-state index is -1.59. The van der Waals surface area contributed by atoms with E-state index in [0.717, 1.165) is 42.3 Å². The Labute approximate surface area is 415 Å². The summed E-state index contributed by atoms with van der Waals surface area (Å²) < 4.78 is 6.07. The molecule has 0 saturated carbocycles. The molecule has 0 radical (unpaired) electrons. The zero-order chi connectivity index (χ0) is 51.9. The molecule has 3 aliphatic rings. The van der Waals surface area contributed by atoms with Crippen molar-refractivity contribution in [3.05, 3.63) is 23.8 Å². The number of benzene rings is 1. The number of nitrogens with zero attached hydrogens (tertiary/aromatic N) is 1. The van der Waals surface area contributed by atoms with Crippen molar-refractivity contribution in [2.24, 2.45) is 35.3 Å². The number of hydrogen-bond donors (Lipinski definition) is 11. The van der Waals surface area contributed by atoms with Crippen LogP contribution in [0.25, 0.3) is 10.9 Å². The van der Waals surface area contributed by atoms with Crippen molar-refractivity contribution >= 4 is 75.6 Å². The molecule has 3 aliphatic heterocycles. The number of aromatic nitrogens is 1. The van der Waals surface area contributed by atoms with Gasteiger partial charge in [-0.05, 0) is 49.3 Å². The monoisotopic (exact) mass is 1020 g/mol. The van der Waals surface area contributed by atoms with Crippen LogP contribution in [0.5, 0.6) is 5.75 Å². The lowest BCUT2D eigenvalue weighted by atomic mass is 9.85. The summed E-state index contributed by atoms with van der Waals surface area (Å²) in [6.07, 6.45) is -1.56. The summed E-state index contributed by atoms with van der Waals surface area (Å²) in [6, 6.07) is -0.364. The molecule has 1 aromatic heterocycles. The Morgan fingerprint density at radius 3 is 2.24 bits per heavy atom. The van der Waals surface area contributed by atoms with Crippen molar-refractivity contribution in [3.63, 3.8) is 0 Å². The predicted molar refractivity (Wildman–Crippen MR) is 257 cm³/mol. The van der Waals surface area contributed by atoms with Gasteiger partial charge in [-0.1, -0.05) is 33.6 Å². The fourth-order valence-electron chi connectivity index (χ4n) is 9.03. The van der Waals surface area contributed by atoms with Gasteiger partial charge in [0.15, 0.2) is 11.6 Å². The summed E-state index contributed by atoms with van der Waals surface area (Å²) in [5.41, 5.74) is 6.63. The maximum Gasteiger partial charge on any atom is 0.243 e. The van der Waals surface area contributed by atoms with Crippen LogP contribution in [0, 0.1) is 23.7 Å². The van der Waals surface area contributed by atoms with Crippen LogP contribution in [0.2, 0.25) is 0 Å². The molecule has 10 atom stereocenters. The number of rotatable bonds is 15. The summed E-state index contributed by atoms with van der Waals surface area (Å²) in [6.45, 7) is 3.23. The molecule has 1 aromatic carbocycles. The molecule has 0 aliphatic carbocycles. The van der Waals surface area contributed by atoms with Crippen LogP contribution in [0.15, 0.2) is 23.2 Å². The molecule has 1 saturated heterocycles. The van der Waals surface area contributed by atoms with E-state index < -0.39 is 158 Å². The van der Waals surface area contributed by atoms with E-state index >= 15 is 0 Å². The summed E-state index contributed by atoms with van der Waals surface area (Å²) in [7, 11) is 0. The van der Waals surface area contributed by atoms with E-state index in [1.165, 1.54) is 6.92 Å². The molecule has 0 unspecified atom stereocenters. The molecule has 23 nitrogen and oxygen atoms in total. The number of H-pyrrole nitrogens is 1. The second-order valence-electron chi connectivity index (χ2n) is 18.7. The van der Waals surface area contributed by atoms with Gasteiger partial charge >= 0.3 is 0 Å². The van der Waals surface area contributed by atoms with Crippen molar-refractivity contribution in [2.75, 3.05) is 45.2 Å². The van der Waals surface area contributed by atoms with E-state index in [2.05, 4.69) is 36.4 Å². The Morgan fingerprint density at radius 2 is 1.56 bits per heavy atom. The lowest BCUT2D eigenvalue weighted by molar-refractivity contribution is -0.145. The summed E-state index contributed by atoms with van der Waals surface area (Å²) in [4.78, 5) is 135. The van der Waals surface area contributed by atoms with Crippen molar-refractivity contribution < 1.29 is 68.0 Å². The number of carbonyl (C=O) groups is 9. The standard InChI is InChI=1S/C47H69N9O14S/c1-4-24(2)41-45(67)51-19-39(63)52-33-23-71-46-31(30-10-9-29(18-32(30)53-46)69-11-7-5-6-8-12-70-49)13-26(43(65)50-20-40(64)54-41)14-36(60)42(25(3)37(61)22-57)55-44(66)34-17-28(58)21-56(34)47(68)27(15-35(33)59)16-38(48)62/h9-10,18,24-28,33-34,37,41-42,53,57-58,61H,4-8,11-17,19-23,49H2,1-3H3,(H2,48,62)(H,50,65)(H,51,67)(H,52,63)(H,54,64)(H,55,66)/t24-,25-,26-,27-,28+,33-,34-,37-,41-,42-/m0/s1. The van der Waals surface area contributed by atoms with Gasteiger partial charge in [-0.3, -0.25) is 43.2 Å². The van der Waals surface area contributed by atoms with Gasteiger partial charge in [0.05, 0.1) is 73.7 Å². The zero-order valence-electron chi connectivity index (χ0n) is 40.4. The molecular formula is C47H69N9O14S. The predicted octanol–water partition coefficient (Wildman–Crippen LogP) is -1.63. The number of aliphatic hydroxyl groups is 3. The number of thioether (sulfide) groups is 1. The first-order valence-corrected chi connectivity index (χ1v) is 25.1. The highest BCUT2D eigenvalue weighted by Crippen LogP contribution is 2.36. The number of ketones is 2. The van der Waals surface area contributed by atoms with Crippen molar-refractivity contribution in [2.45, 2.75) is 126 Å². The van der Waals surface area contributed by atoms with Crippen molar-refractivity contribution in [1.29, 1.82) is 0 Å². The van der Waals surface area contributed by atoms with Crippen LogP contribution in [0.3, 0.4) is 0 Å². The molecule has 1 fully saturated rings. The average Bonchev–Trinajstić information content (AvgIpc) is 3.91. The van der Waals surface area contributed by atoms with E-state index in [4.69, 9.17) is 16.4 Å². The highest BCUT2D eigenvalue weighted by molar-refractivity contribution is 7.99. The van der Waals surface area contributed by atoms with Crippen molar-refractivity contribution in [1.82, 2.24) is 36.5 Å². The number of ether oxygens (including phenoxy) is 1. The maximum atomic E-state index is 14.7. The average molecular weight is 1020 g/mol. The second kappa shape index (κ2) is 26.7. The van der Waals surface area contributed by atoms with Gasteiger partial charge in [-0.25, -0.2) is 5.90 Å². The number of amides is 7. The lowest BCUT2D eigenvalue weighted by Gasteiger charge is -2.32. The smallest absolute Gasteiger partial charge is 0.243 e. The fourth-order valence-corrected chi connectivity index (χ4v) is 10.2. The topological polar surface area (TPSA) is 364 Å². The number of nitrogens with two attached hydrogens (primary N) is 2. The first-order chi connectivity index (χ1) is 33.8. The Balaban J connectivity index is 1.67. The van der Waals surface area contributed by atoms with Gasteiger partial charge < -0.3 is 67.1 Å². The van der Waals surface area contributed by atoms with Crippen LogP contribution >= 0.6 is 11.8 Å². The Hall–Kier alpha value is -5.66. The second-order valence-corrected chi connectivity index (χ2v) is 19.7. The Bertz CT molecular complexity index is 2260. The molecule has 7 amide bonds. The molecule has 24 heteroatoms. The van der Waals surface area contributed by atoms with Gasteiger partial charge in [-0.2, -0.15) is 0 Å². The van der Waals surface area contributed by atoms with Gasteiger partial charge in [0.1, 0.15) is 17.8 Å². The number of hydrogen-bond acceptors (Lipinski definition) is 16. The largest absolute Gasteiger partial charge is 0.494 e. The Kier molecular flexibility index (Phi) is 21.1. The molecule has 4 heterocycles. The molecule has 5 rings (SSSR count). The molecule has 71 heavy (non-hydrogen) atoms. The van der Waals surface area contributed by atoms with Crippen LogP contribution in [0.1, 0.15) is 84.1 Å².